The summed E-state index contributed by atoms with van der Waals surface area (Å²) in [4.78, 5) is 5.91. The molecule has 1 saturated heterocycles. The Labute approximate surface area is 154 Å². The molecule has 148 valence electrons. The fourth-order valence-electron chi connectivity index (χ4n) is 2.67. The van der Waals surface area contributed by atoms with Crippen molar-refractivity contribution in [3.8, 4) is 0 Å². The molecular weight excluding hydrogens is 385 g/mol. The Morgan fingerprint density at radius 1 is 1.07 bits per heavy atom. The van der Waals surface area contributed by atoms with Gasteiger partial charge in [0.25, 0.3) is 0 Å². The number of halogens is 3. The second kappa shape index (κ2) is 7.12. The molecule has 3 rings (SSSR count). The van der Waals surface area contributed by atoms with Gasteiger partial charge in [-0.3, -0.25) is 0 Å². The lowest BCUT2D eigenvalue weighted by Crippen LogP contribution is -2.48. The smallest absolute Gasteiger partial charge is 0.322 e. The summed E-state index contributed by atoms with van der Waals surface area (Å²) in [5, 5.41) is 3.88. The number of anilines is 1. The first-order chi connectivity index (χ1) is 12.6. The molecule has 1 aliphatic heterocycles. The van der Waals surface area contributed by atoms with Gasteiger partial charge in [-0.25, -0.2) is 8.42 Å². The molecule has 2 heterocycles. The van der Waals surface area contributed by atoms with E-state index in [4.69, 9.17) is 4.52 Å². The third kappa shape index (κ3) is 4.08. The summed E-state index contributed by atoms with van der Waals surface area (Å²) in [5.41, 5.74) is -0.886. The standard InChI is InChI=1S/C16H19F3N4O3S/c1-11(2)14-20-15(26-21-14)22-7-9-23(10-8-22)27(24,25)13-5-3-12(4-6-13)16(17,18)19/h3-6,11H,7-10H2,1-2H3. The third-order valence-corrected chi connectivity index (χ3v) is 6.19. The van der Waals surface area contributed by atoms with Crippen LogP contribution in [0.25, 0.3) is 0 Å². The summed E-state index contributed by atoms with van der Waals surface area (Å²) in [6, 6.07) is 3.85. The van der Waals surface area contributed by atoms with E-state index in [-0.39, 0.29) is 23.9 Å². The maximum atomic E-state index is 12.7. The minimum Gasteiger partial charge on any atom is -0.322 e. The Morgan fingerprint density at radius 2 is 1.67 bits per heavy atom. The average Bonchev–Trinajstić information content (AvgIpc) is 3.12. The van der Waals surface area contributed by atoms with Crippen molar-refractivity contribution < 1.29 is 26.1 Å². The van der Waals surface area contributed by atoms with Crippen LogP contribution in [-0.4, -0.2) is 49.0 Å². The minimum atomic E-state index is -4.51. The van der Waals surface area contributed by atoms with Crippen LogP contribution in [0.1, 0.15) is 31.2 Å². The number of benzene rings is 1. The van der Waals surface area contributed by atoms with Crippen LogP contribution in [0.3, 0.4) is 0 Å². The number of alkyl halides is 3. The fourth-order valence-corrected chi connectivity index (χ4v) is 4.10. The molecule has 0 amide bonds. The van der Waals surface area contributed by atoms with E-state index in [0.717, 1.165) is 24.3 Å². The van der Waals surface area contributed by atoms with Crippen molar-refractivity contribution in [2.24, 2.45) is 0 Å². The molecule has 0 spiro atoms. The second-order valence-corrected chi connectivity index (χ2v) is 8.44. The van der Waals surface area contributed by atoms with Gasteiger partial charge in [-0.1, -0.05) is 19.0 Å². The average molecular weight is 404 g/mol. The predicted molar refractivity (Wildman–Crippen MR) is 90.8 cm³/mol. The topological polar surface area (TPSA) is 79.5 Å². The molecule has 0 radical (unpaired) electrons. The molecule has 7 nitrogen and oxygen atoms in total. The highest BCUT2D eigenvalue weighted by molar-refractivity contribution is 7.89. The highest BCUT2D eigenvalue weighted by Gasteiger charge is 2.33. The first kappa shape index (κ1) is 19.6. The third-order valence-electron chi connectivity index (χ3n) is 4.28. The van der Waals surface area contributed by atoms with Crippen LogP contribution in [0.2, 0.25) is 0 Å². The van der Waals surface area contributed by atoms with Crippen LogP contribution in [0.15, 0.2) is 33.7 Å². The van der Waals surface area contributed by atoms with E-state index < -0.39 is 21.8 Å². The molecule has 1 aromatic carbocycles. The van der Waals surface area contributed by atoms with Crippen molar-refractivity contribution in [1.82, 2.24) is 14.4 Å². The summed E-state index contributed by atoms with van der Waals surface area (Å²) >= 11 is 0. The molecule has 0 aliphatic carbocycles. The first-order valence-corrected chi connectivity index (χ1v) is 9.79. The normalized spacial score (nSPS) is 16.9. The zero-order valence-corrected chi connectivity index (χ0v) is 15.6. The molecule has 27 heavy (non-hydrogen) atoms. The lowest BCUT2D eigenvalue weighted by atomic mass is 10.2. The van der Waals surface area contributed by atoms with Crippen LogP contribution < -0.4 is 4.90 Å². The number of nitrogens with zero attached hydrogens (tertiary/aromatic N) is 4. The van der Waals surface area contributed by atoms with Crippen LogP contribution in [0.4, 0.5) is 19.2 Å². The van der Waals surface area contributed by atoms with E-state index in [0.29, 0.717) is 24.9 Å². The molecule has 0 saturated carbocycles. The van der Waals surface area contributed by atoms with Crippen LogP contribution in [-0.2, 0) is 16.2 Å². The lowest BCUT2D eigenvalue weighted by Gasteiger charge is -2.32. The lowest BCUT2D eigenvalue weighted by molar-refractivity contribution is -0.137. The zero-order valence-electron chi connectivity index (χ0n) is 14.8. The SMILES string of the molecule is CC(C)c1noc(N2CCN(S(=O)(=O)c3ccc(C(F)(F)F)cc3)CC2)n1. The molecule has 11 heteroatoms. The van der Waals surface area contributed by atoms with Gasteiger partial charge in [0, 0.05) is 32.1 Å². The molecule has 0 atom stereocenters. The molecule has 0 bridgehead atoms. The number of hydrogen-bond acceptors (Lipinski definition) is 6. The second-order valence-electron chi connectivity index (χ2n) is 6.50. The molecule has 2 aromatic rings. The molecule has 1 fully saturated rings. The van der Waals surface area contributed by atoms with Gasteiger partial charge >= 0.3 is 12.2 Å². The number of hydrogen-bond donors (Lipinski definition) is 0. The zero-order chi connectivity index (χ0) is 19.8. The Kier molecular flexibility index (Phi) is 5.17. The van der Waals surface area contributed by atoms with Crippen molar-refractivity contribution in [3.05, 3.63) is 35.7 Å². The Bertz CT molecular complexity index is 886. The number of sulfonamides is 1. The van der Waals surface area contributed by atoms with E-state index in [2.05, 4.69) is 10.1 Å². The Balaban J connectivity index is 1.69. The highest BCUT2D eigenvalue weighted by Crippen LogP contribution is 2.30. The van der Waals surface area contributed by atoms with Crippen molar-refractivity contribution in [3.63, 3.8) is 0 Å². The maximum absolute atomic E-state index is 12.7. The summed E-state index contributed by atoms with van der Waals surface area (Å²) in [6.45, 7) is 4.90. The predicted octanol–water partition coefficient (Wildman–Crippen LogP) is 2.72. The van der Waals surface area contributed by atoms with Gasteiger partial charge in [0.1, 0.15) is 0 Å². The van der Waals surface area contributed by atoms with Crippen molar-refractivity contribution in [1.29, 1.82) is 0 Å². The largest absolute Gasteiger partial charge is 0.416 e. The summed E-state index contributed by atoms with van der Waals surface area (Å²) < 4.78 is 69.7. The van der Waals surface area contributed by atoms with Crippen molar-refractivity contribution in [2.45, 2.75) is 30.8 Å². The van der Waals surface area contributed by atoms with Gasteiger partial charge in [0.15, 0.2) is 5.82 Å². The van der Waals surface area contributed by atoms with Crippen molar-refractivity contribution >= 4 is 16.0 Å². The first-order valence-electron chi connectivity index (χ1n) is 8.35. The maximum Gasteiger partial charge on any atom is 0.416 e. The van der Waals surface area contributed by atoms with E-state index in [9.17, 15) is 21.6 Å². The van der Waals surface area contributed by atoms with E-state index in [1.54, 1.807) is 4.90 Å². The number of piperazine rings is 1. The highest BCUT2D eigenvalue weighted by atomic mass is 32.2. The van der Waals surface area contributed by atoms with Gasteiger partial charge < -0.3 is 9.42 Å². The van der Waals surface area contributed by atoms with Crippen molar-refractivity contribution in [2.75, 3.05) is 31.1 Å². The summed E-state index contributed by atoms with van der Waals surface area (Å²) in [7, 11) is -3.87. The fraction of sp³-hybridized carbons (Fsp3) is 0.500. The summed E-state index contributed by atoms with van der Waals surface area (Å²) in [5.74, 6) is 0.689. The Morgan fingerprint density at radius 3 is 2.15 bits per heavy atom. The number of aromatic nitrogens is 2. The minimum absolute atomic E-state index is 0.115. The monoisotopic (exact) mass is 404 g/mol. The van der Waals surface area contributed by atoms with Gasteiger partial charge in [-0.05, 0) is 24.3 Å². The van der Waals surface area contributed by atoms with E-state index >= 15 is 0 Å². The quantitative estimate of drug-likeness (QED) is 0.780. The molecule has 0 N–H and O–H groups in total. The van der Waals surface area contributed by atoms with Gasteiger partial charge in [0.05, 0.1) is 10.5 Å². The molecule has 0 unspecified atom stereocenters. The van der Waals surface area contributed by atoms with Gasteiger partial charge in [-0.2, -0.15) is 22.5 Å². The van der Waals surface area contributed by atoms with Gasteiger partial charge in [0.2, 0.25) is 10.0 Å². The molecule has 1 aliphatic rings. The molecular formula is C16H19F3N4O3S. The van der Waals surface area contributed by atoms with E-state index in [1.165, 1.54) is 4.31 Å². The van der Waals surface area contributed by atoms with E-state index in [1.807, 2.05) is 13.8 Å². The summed E-state index contributed by atoms with van der Waals surface area (Å²) in [6.07, 6.45) is -4.51. The van der Waals surface area contributed by atoms with Gasteiger partial charge in [-0.15, -0.1) is 0 Å². The number of rotatable bonds is 4. The van der Waals surface area contributed by atoms with Crippen LogP contribution in [0.5, 0.6) is 0 Å². The van der Waals surface area contributed by atoms with Crippen LogP contribution in [0, 0.1) is 0 Å². The Hall–Kier alpha value is -2.14. The van der Waals surface area contributed by atoms with Crippen LogP contribution >= 0.6 is 0 Å². The molecule has 1 aromatic heterocycles.